The molecule has 1 saturated carbocycles. The molecule has 1 rings (SSSR count). The highest BCUT2D eigenvalue weighted by atomic mass is 31.1. The molecule has 0 aromatic carbocycles. The van der Waals surface area contributed by atoms with Gasteiger partial charge >= 0.3 is 0 Å². The van der Waals surface area contributed by atoms with Crippen LogP contribution in [0.2, 0.25) is 0 Å². The standard InChI is InChI=1S/C8H19N2P/c1-10(2)11-9-8-6-4-3-5-7-8/h8-9,11H,3-7H2,1-2H3. The summed E-state index contributed by atoms with van der Waals surface area (Å²) in [7, 11) is 5.04. The highest BCUT2D eigenvalue weighted by Crippen LogP contribution is 2.21. The van der Waals surface area contributed by atoms with Gasteiger partial charge in [0, 0.05) is 14.9 Å². The quantitative estimate of drug-likeness (QED) is 0.658. The largest absolute Gasteiger partial charge is 0.283 e. The van der Waals surface area contributed by atoms with Crippen LogP contribution in [0.3, 0.4) is 0 Å². The first-order valence-electron chi connectivity index (χ1n) is 4.47. The zero-order valence-corrected chi connectivity index (χ0v) is 8.56. The molecule has 1 aliphatic rings. The summed E-state index contributed by atoms with van der Waals surface area (Å²) in [5.74, 6) is 0. The van der Waals surface area contributed by atoms with Crippen LogP contribution in [-0.4, -0.2) is 24.8 Å². The molecule has 0 bridgehead atoms. The summed E-state index contributed by atoms with van der Waals surface area (Å²) in [5, 5.41) is 3.57. The van der Waals surface area contributed by atoms with Crippen LogP contribution in [0.1, 0.15) is 32.1 Å². The van der Waals surface area contributed by atoms with Gasteiger partial charge in [0.1, 0.15) is 0 Å². The third-order valence-electron chi connectivity index (χ3n) is 2.10. The van der Waals surface area contributed by atoms with Crippen molar-refractivity contribution in [1.82, 2.24) is 9.76 Å². The summed E-state index contributed by atoms with van der Waals surface area (Å²) < 4.78 is 2.22. The van der Waals surface area contributed by atoms with Crippen molar-refractivity contribution in [2.45, 2.75) is 38.1 Å². The van der Waals surface area contributed by atoms with E-state index in [1.165, 1.54) is 32.1 Å². The van der Waals surface area contributed by atoms with E-state index in [1.54, 1.807) is 0 Å². The molecule has 2 nitrogen and oxygen atoms in total. The van der Waals surface area contributed by atoms with Gasteiger partial charge in [-0.1, -0.05) is 19.3 Å². The third kappa shape index (κ3) is 4.05. The molecular formula is C8H19N2P. The van der Waals surface area contributed by atoms with Crippen molar-refractivity contribution in [3.63, 3.8) is 0 Å². The summed E-state index contributed by atoms with van der Waals surface area (Å²) in [4.78, 5) is 0. The van der Waals surface area contributed by atoms with Gasteiger partial charge in [-0.25, -0.2) is 0 Å². The molecule has 1 aliphatic carbocycles. The van der Waals surface area contributed by atoms with E-state index in [9.17, 15) is 0 Å². The number of hydrogen-bond acceptors (Lipinski definition) is 2. The van der Waals surface area contributed by atoms with Crippen molar-refractivity contribution in [2.24, 2.45) is 0 Å². The van der Waals surface area contributed by atoms with E-state index in [2.05, 4.69) is 23.9 Å². The second-order valence-electron chi connectivity index (χ2n) is 3.49. The maximum atomic E-state index is 3.57. The molecule has 0 aliphatic heterocycles. The zero-order chi connectivity index (χ0) is 8.10. The molecule has 0 aromatic heterocycles. The van der Waals surface area contributed by atoms with Gasteiger partial charge in [0.2, 0.25) is 0 Å². The monoisotopic (exact) mass is 174 g/mol. The fourth-order valence-corrected chi connectivity index (χ4v) is 2.20. The summed E-state index contributed by atoms with van der Waals surface area (Å²) in [6, 6.07) is 0.810. The van der Waals surface area contributed by atoms with Crippen molar-refractivity contribution < 1.29 is 0 Å². The van der Waals surface area contributed by atoms with Gasteiger partial charge in [0.25, 0.3) is 0 Å². The van der Waals surface area contributed by atoms with Gasteiger partial charge in [0.05, 0.1) is 0 Å². The van der Waals surface area contributed by atoms with Crippen LogP contribution >= 0.6 is 8.88 Å². The minimum Gasteiger partial charge on any atom is -0.283 e. The third-order valence-corrected chi connectivity index (χ3v) is 3.08. The summed E-state index contributed by atoms with van der Waals surface area (Å²) in [6.07, 6.45) is 7.08. The normalized spacial score (nSPS) is 22.1. The van der Waals surface area contributed by atoms with E-state index in [0.717, 1.165) is 14.9 Å². The lowest BCUT2D eigenvalue weighted by Gasteiger charge is -2.24. The molecule has 0 amide bonds. The Bertz CT molecular complexity index is 100. The van der Waals surface area contributed by atoms with Gasteiger partial charge in [0.15, 0.2) is 0 Å². The molecule has 0 heterocycles. The number of rotatable bonds is 3. The molecular weight excluding hydrogens is 155 g/mol. The SMILES string of the molecule is CN(C)PNC1CCCCC1. The molecule has 11 heavy (non-hydrogen) atoms. The molecule has 0 spiro atoms. The molecule has 3 heteroatoms. The Labute approximate surface area is 71.6 Å². The Balaban J connectivity index is 2.05. The van der Waals surface area contributed by atoms with Gasteiger partial charge in [-0.3, -0.25) is 9.76 Å². The number of nitrogens with one attached hydrogen (secondary N) is 1. The Morgan fingerprint density at radius 2 is 1.82 bits per heavy atom. The average Bonchev–Trinajstić information content (AvgIpc) is 2.03. The fraction of sp³-hybridized carbons (Fsp3) is 1.00. The van der Waals surface area contributed by atoms with Crippen LogP contribution in [0.25, 0.3) is 0 Å². The summed E-state index contributed by atoms with van der Waals surface area (Å²) >= 11 is 0. The first-order chi connectivity index (χ1) is 5.29. The maximum absolute atomic E-state index is 3.57. The first kappa shape index (κ1) is 9.44. The highest BCUT2D eigenvalue weighted by molar-refractivity contribution is 7.32. The smallest absolute Gasteiger partial charge is 0.0209 e. The van der Waals surface area contributed by atoms with Gasteiger partial charge in [-0.05, 0) is 26.9 Å². The maximum Gasteiger partial charge on any atom is 0.0209 e. The minimum absolute atomic E-state index is 0.803. The lowest BCUT2D eigenvalue weighted by Crippen LogP contribution is -2.26. The lowest BCUT2D eigenvalue weighted by atomic mass is 9.96. The molecule has 1 N–H and O–H groups in total. The van der Waals surface area contributed by atoms with Crippen LogP contribution in [0, 0.1) is 0 Å². The van der Waals surface area contributed by atoms with Gasteiger partial charge in [-0.2, -0.15) is 0 Å². The molecule has 0 radical (unpaired) electrons. The Hall–Kier alpha value is 0.350. The second kappa shape index (κ2) is 5.08. The second-order valence-corrected chi connectivity index (χ2v) is 4.89. The van der Waals surface area contributed by atoms with Crippen molar-refractivity contribution in [1.29, 1.82) is 0 Å². The first-order valence-corrected chi connectivity index (χ1v) is 5.42. The molecule has 1 unspecified atom stereocenters. The zero-order valence-electron chi connectivity index (χ0n) is 7.56. The van der Waals surface area contributed by atoms with Crippen LogP contribution in [0.5, 0.6) is 0 Å². The summed E-state index contributed by atoms with van der Waals surface area (Å²) in [5.41, 5.74) is 0. The fourth-order valence-electron chi connectivity index (χ4n) is 1.47. The van der Waals surface area contributed by atoms with Crippen LogP contribution in [0.15, 0.2) is 0 Å². The molecule has 66 valence electrons. The van der Waals surface area contributed by atoms with Crippen molar-refractivity contribution >= 4 is 8.88 Å². The van der Waals surface area contributed by atoms with Crippen LogP contribution in [0.4, 0.5) is 0 Å². The van der Waals surface area contributed by atoms with E-state index in [0.29, 0.717) is 0 Å². The number of nitrogens with zero attached hydrogens (tertiary/aromatic N) is 1. The van der Waals surface area contributed by atoms with Crippen molar-refractivity contribution in [3.05, 3.63) is 0 Å². The Kier molecular flexibility index (Phi) is 4.36. The van der Waals surface area contributed by atoms with Crippen molar-refractivity contribution in [2.75, 3.05) is 14.1 Å². The van der Waals surface area contributed by atoms with Crippen LogP contribution < -0.4 is 5.09 Å². The van der Waals surface area contributed by atoms with E-state index in [4.69, 9.17) is 0 Å². The average molecular weight is 174 g/mol. The van der Waals surface area contributed by atoms with Crippen LogP contribution in [-0.2, 0) is 0 Å². The van der Waals surface area contributed by atoms with Gasteiger partial charge in [-0.15, -0.1) is 0 Å². The predicted octanol–water partition coefficient (Wildman–Crippen LogP) is 1.98. The molecule has 0 saturated heterocycles. The molecule has 1 atom stereocenters. The Morgan fingerprint density at radius 1 is 1.18 bits per heavy atom. The van der Waals surface area contributed by atoms with E-state index in [-0.39, 0.29) is 0 Å². The highest BCUT2D eigenvalue weighted by Gasteiger charge is 2.11. The molecule has 1 fully saturated rings. The minimum atomic E-state index is 0.803. The number of hydrogen-bond donors (Lipinski definition) is 1. The Morgan fingerprint density at radius 3 is 2.36 bits per heavy atom. The van der Waals surface area contributed by atoms with E-state index >= 15 is 0 Å². The molecule has 0 aromatic rings. The lowest BCUT2D eigenvalue weighted by molar-refractivity contribution is 0.418. The summed E-state index contributed by atoms with van der Waals surface area (Å²) in [6.45, 7) is 0. The predicted molar refractivity (Wildman–Crippen MR) is 52.0 cm³/mol. The van der Waals surface area contributed by atoms with Gasteiger partial charge < -0.3 is 0 Å². The van der Waals surface area contributed by atoms with Crippen molar-refractivity contribution in [3.8, 4) is 0 Å². The topological polar surface area (TPSA) is 15.3 Å². The van der Waals surface area contributed by atoms with E-state index < -0.39 is 0 Å². The van der Waals surface area contributed by atoms with E-state index in [1.807, 2.05) is 0 Å².